The summed E-state index contributed by atoms with van der Waals surface area (Å²) in [4.78, 5) is 0. The van der Waals surface area contributed by atoms with Gasteiger partial charge in [0.05, 0.1) is 23.9 Å². The maximum absolute atomic E-state index is 9.34. The first kappa shape index (κ1) is 12.4. The second kappa shape index (κ2) is 3.75. The fourth-order valence-electron chi connectivity index (χ4n) is 2.42. The lowest BCUT2D eigenvalue weighted by molar-refractivity contribution is -0.0767. The van der Waals surface area contributed by atoms with Crippen LogP contribution in [0.3, 0.4) is 0 Å². The van der Waals surface area contributed by atoms with E-state index in [2.05, 4.69) is 11.4 Å². The molecule has 0 spiro atoms. The lowest BCUT2D eigenvalue weighted by atomic mass is 9.80. The van der Waals surface area contributed by atoms with E-state index in [4.69, 9.17) is 9.84 Å². The molecule has 0 radical (unpaired) electrons. The van der Waals surface area contributed by atoms with Crippen LogP contribution in [0, 0.1) is 11.3 Å². The number of nitrogens with one attached hydrogen (secondary N) is 1. The fraction of sp³-hybridized carbons (Fsp3) is 0.909. The Morgan fingerprint density at radius 3 is 2.33 bits per heavy atom. The second-order valence-corrected chi connectivity index (χ2v) is 5.22. The highest BCUT2D eigenvalue weighted by atomic mass is 16.5. The summed E-state index contributed by atoms with van der Waals surface area (Å²) >= 11 is 0. The number of hydrogen-bond donors (Lipinski definition) is 2. The Balaban J connectivity index is 2.94. The molecule has 0 saturated carbocycles. The van der Waals surface area contributed by atoms with Crippen molar-refractivity contribution in [1.29, 1.82) is 5.26 Å². The average molecular weight is 212 g/mol. The van der Waals surface area contributed by atoms with Crippen molar-refractivity contribution in [2.45, 2.75) is 50.9 Å². The van der Waals surface area contributed by atoms with Gasteiger partial charge in [0.15, 0.2) is 0 Å². The van der Waals surface area contributed by atoms with Crippen LogP contribution in [0.25, 0.3) is 0 Å². The van der Waals surface area contributed by atoms with E-state index in [1.54, 1.807) is 0 Å². The van der Waals surface area contributed by atoms with E-state index < -0.39 is 11.1 Å². The number of rotatable bonds is 3. The van der Waals surface area contributed by atoms with E-state index in [0.29, 0.717) is 13.0 Å². The predicted molar refractivity (Wildman–Crippen MR) is 57.3 cm³/mol. The zero-order valence-electron chi connectivity index (χ0n) is 9.92. The van der Waals surface area contributed by atoms with Gasteiger partial charge in [-0.25, -0.2) is 0 Å². The van der Waals surface area contributed by atoms with Crippen LogP contribution in [-0.4, -0.2) is 35.0 Å². The molecule has 1 aliphatic rings. The average Bonchev–Trinajstić information content (AvgIpc) is 2.28. The third-order valence-electron chi connectivity index (χ3n) is 2.98. The molecule has 86 valence electrons. The first-order valence-electron chi connectivity index (χ1n) is 5.26. The van der Waals surface area contributed by atoms with Gasteiger partial charge in [0.25, 0.3) is 0 Å². The third-order valence-corrected chi connectivity index (χ3v) is 2.98. The van der Waals surface area contributed by atoms with Crippen LogP contribution in [-0.2, 0) is 4.74 Å². The number of aliphatic hydroxyl groups is 1. The largest absolute Gasteiger partial charge is 0.395 e. The lowest BCUT2D eigenvalue weighted by Crippen LogP contribution is -2.56. The molecule has 4 heteroatoms. The molecule has 0 amide bonds. The molecule has 0 aromatic carbocycles. The van der Waals surface area contributed by atoms with Crippen molar-refractivity contribution in [1.82, 2.24) is 5.32 Å². The van der Waals surface area contributed by atoms with E-state index in [0.717, 1.165) is 0 Å². The normalized spacial score (nSPS) is 32.5. The van der Waals surface area contributed by atoms with E-state index in [-0.39, 0.29) is 12.2 Å². The highest BCUT2D eigenvalue weighted by molar-refractivity contribution is 5.22. The topological polar surface area (TPSA) is 65.3 Å². The summed E-state index contributed by atoms with van der Waals surface area (Å²) in [5.41, 5.74) is -1.55. The molecule has 2 N–H and O–H groups in total. The van der Waals surface area contributed by atoms with Crippen molar-refractivity contribution in [2.75, 3.05) is 13.2 Å². The molecule has 1 atom stereocenters. The molecular formula is C11H20N2O2. The van der Waals surface area contributed by atoms with Crippen LogP contribution in [0.1, 0.15) is 34.1 Å². The highest BCUT2D eigenvalue weighted by Gasteiger charge is 2.57. The maximum Gasteiger partial charge on any atom is 0.138 e. The Hall–Kier alpha value is -0.630. The molecule has 1 rings (SSSR count). The predicted octanol–water partition coefficient (Wildman–Crippen LogP) is 0.808. The van der Waals surface area contributed by atoms with Gasteiger partial charge in [-0.3, -0.25) is 5.32 Å². The number of nitrogens with zero attached hydrogens (tertiary/aromatic N) is 1. The molecular weight excluding hydrogens is 192 g/mol. The third kappa shape index (κ3) is 2.15. The SMILES string of the molecule is CC1(C)CC(C#N)(NCCO)C(C)(C)O1. The Morgan fingerprint density at radius 1 is 1.40 bits per heavy atom. The van der Waals surface area contributed by atoms with E-state index in [1.165, 1.54) is 0 Å². The van der Waals surface area contributed by atoms with Crippen LogP contribution in [0.2, 0.25) is 0 Å². The molecule has 1 saturated heterocycles. The van der Waals surface area contributed by atoms with Crippen LogP contribution in [0.5, 0.6) is 0 Å². The van der Waals surface area contributed by atoms with Gasteiger partial charge in [-0.2, -0.15) is 5.26 Å². The van der Waals surface area contributed by atoms with Gasteiger partial charge in [0, 0.05) is 13.0 Å². The standard InChI is InChI=1S/C11H20N2O2/c1-9(2)7-11(8-12,13-5-6-14)10(3,4)15-9/h13-14H,5-7H2,1-4H3. The van der Waals surface area contributed by atoms with Crippen LogP contribution >= 0.6 is 0 Å². The van der Waals surface area contributed by atoms with Crippen molar-refractivity contribution in [3.05, 3.63) is 0 Å². The summed E-state index contributed by atoms with van der Waals surface area (Å²) < 4.78 is 5.87. The molecule has 1 unspecified atom stereocenters. The molecule has 0 aromatic rings. The molecule has 0 aliphatic carbocycles. The van der Waals surface area contributed by atoms with Crippen molar-refractivity contribution < 1.29 is 9.84 Å². The van der Waals surface area contributed by atoms with E-state index in [9.17, 15) is 5.26 Å². The number of β-amino-alcohol motifs (C(OH)–C–C–N with tert-alkyl or cyclic N) is 1. The van der Waals surface area contributed by atoms with Crippen LogP contribution in [0.4, 0.5) is 0 Å². The molecule has 1 aliphatic heterocycles. The van der Waals surface area contributed by atoms with Gasteiger partial charge in [-0.05, 0) is 27.7 Å². The minimum absolute atomic E-state index is 0.0277. The minimum Gasteiger partial charge on any atom is -0.395 e. The molecule has 1 heterocycles. The monoisotopic (exact) mass is 212 g/mol. The van der Waals surface area contributed by atoms with Crippen molar-refractivity contribution in [3.63, 3.8) is 0 Å². The number of hydrogen-bond acceptors (Lipinski definition) is 4. The first-order valence-corrected chi connectivity index (χ1v) is 5.26. The van der Waals surface area contributed by atoms with Crippen molar-refractivity contribution in [3.8, 4) is 6.07 Å². The Bertz CT molecular complexity index is 281. The summed E-state index contributed by atoms with van der Waals surface area (Å²) in [5, 5.41) is 21.3. The van der Waals surface area contributed by atoms with Gasteiger partial charge in [-0.15, -0.1) is 0 Å². The Kier molecular flexibility index (Phi) is 3.11. The summed E-state index contributed by atoms with van der Waals surface area (Å²) in [5.74, 6) is 0. The van der Waals surface area contributed by atoms with Crippen molar-refractivity contribution in [2.24, 2.45) is 0 Å². The fourth-order valence-corrected chi connectivity index (χ4v) is 2.42. The zero-order valence-corrected chi connectivity index (χ0v) is 9.92. The number of aliphatic hydroxyl groups excluding tert-OH is 1. The van der Waals surface area contributed by atoms with E-state index >= 15 is 0 Å². The quantitative estimate of drug-likeness (QED) is 0.726. The minimum atomic E-state index is -0.709. The molecule has 15 heavy (non-hydrogen) atoms. The van der Waals surface area contributed by atoms with Gasteiger partial charge >= 0.3 is 0 Å². The highest BCUT2D eigenvalue weighted by Crippen LogP contribution is 2.44. The van der Waals surface area contributed by atoms with Gasteiger partial charge < -0.3 is 9.84 Å². The van der Waals surface area contributed by atoms with E-state index in [1.807, 2.05) is 27.7 Å². The summed E-state index contributed by atoms with van der Waals surface area (Å²) in [6.45, 7) is 8.23. The zero-order chi connectivity index (χ0) is 11.7. The number of nitriles is 1. The van der Waals surface area contributed by atoms with Crippen molar-refractivity contribution >= 4 is 0 Å². The van der Waals surface area contributed by atoms with Gasteiger partial charge in [0.2, 0.25) is 0 Å². The maximum atomic E-state index is 9.34. The smallest absolute Gasteiger partial charge is 0.138 e. The Labute approximate surface area is 91.2 Å². The van der Waals surface area contributed by atoms with Crippen LogP contribution in [0.15, 0.2) is 0 Å². The van der Waals surface area contributed by atoms with Gasteiger partial charge in [0.1, 0.15) is 5.54 Å². The Morgan fingerprint density at radius 2 is 2.00 bits per heavy atom. The summed E-state index contributed by atoms with van der Waals surface area (Å²) in [6, 6.07) is 2.31. The summed E-state index contributed by atoms with van der Waals surface area (Å²) in [6.07, 6.45) is 0.628. The first-order chi connectivity index (χ1) is 6.79. The van der Waals surface area contributed by atoms with Gasteiger partial charge in [-0.1, -0.05) is 0 Å². The summed E-state index contributed by atoms with van der Waals surface area (Å²) in [7, 11) is 0. The van der Waals surface area contributed by atoms with Crippen LogP contribution < -0.4 is 5.32 Å². The molecule has 0 aromatic heterocycles. The molecule has 1 fully saturated rings. The number of ether oxygens (including phenoxy) is 1. The lowest BCUT2D eigenvalue weighted by Gasteiger charge is -2.34. The molecule has 0 bridgehead atoms. The molecule has 4 nitrogen and oxygen atoms in total. The second-order valence-electron chi connectivity index (χ2n) is 5.22.